The van der Waals surface area contributed by atoms with Gasteiger partial charge < -0.3 is 9.72 Å². The normalized spacial score (nSPS) is 13.9. The van der Waals surface area contributed by atoms with Crippen molar-refractivity contribution in [1.82, 2.24) is 9.88 Å². The van der Waals surface area contributed by atoms with Gasteiger partial charge in [0, 0.05) is 5.69 Å². The van der Waals surface area contributed by atoms with Crippen molar-refractivity contribution in [2.24, 2.45) is 0 Å². The molecule has 0 aromatic carbocycles. The van der Waals surface area contributed by atoms with E-state index in [-0.39, 0.29) is 5.56 Å². The highest BCUT2D eigenvalue weighted by Crippen LogP contribution is 2.22. The molecule has 0 saturated heterocycles. The van der Waals surface area contributed by atoms with Crippen molar-refractivity contribution >= 4 is 6.09 Å². The Kier molecular flexibility index (Phi) is 3.06. The van der Waals surface area contributed by atoms with Gasteiger partial charge in [0.15, 0.2) is 0 Å². The Labute approximate surface area is 110 Å². The Bertz CT molecular complexity index is 619. The number of aromatic amines is 1. The van der Waals surface area contributed by atoms with E-state index in [0.717, 1.165) is 5.56 Å². The minimum Gasteiger partial charge on any atom is -0.444 e. The molecule has 0 saturated carbocycles. The summed E-state index contributed by atoms with van der Waals surface area (Å²) < 4.78 is 5.27. The van der Waals surface area contributed by atoms with Gasteiger partial charge in [-0.05, 0) is 32.4 Å². The molecule has 0 unspecified atom stereocenters. The lowest BCUT2D eigenvalue weighted by atomic mass is 10.2. The molecule has 0 spiro atoms. The van der Waals surface area contributed by atoms with E-state index < -0.39 is 17.3 Å². The van der Waals surface area contributed by atoms with E-state index in [4.69, 9.17) is 10.00 Å². The minimum absolute atomic E-state index is 0.0600. The molecule has 1 aliphatic heterocycles. The maximum absolute atomic E-state index is 11.9. The van der Waals surface area contributed by atoms with E-state index in [9.17, 15) is 9.59 Å². The van der Waals surface area contributed by atoms with Gasteiger partial charge in [-0.2, -0.15) is 5.26 Å². The molecule has 0 atom stereocenters. The van der Waals surface area contributed by atoms with Crippen LogP contribution in [0.15, 0.2) is 10.9 Å². The Morgan fingerprint density at radius 2 is 2.16 bits per heavy atom. The van der Waals surface area contributed by atoms with Crippen LogP contribution in [0.4, 0.5) is 4.79 Å². The number of carbonyl (C=O) groups excluding carboxylic acids is 1. The van der Waals surface area contributed by atoms with Gasteiger partial charge in [-0.3, -0.25) is 9.69 Å². The summed E-state index contributed by atoms with van der Waals surface area (Å²) in [5.41, 5.74) is 0.519. The van der Waals surface area contributed by atoms with Gasteiger partial charge in [-0.25, -0.2) is 4.79 Å². The van der Waals surface area contributed by atoms with Gasteiger partial charge in [0.25, 0.3) is 5.56 Å². The van der Waals surface area contributed by atoms with Crippen LogP contribution in [0.1, 0.15) is 37.6 Å². The van der Waals surface area contributed by atoms with E-state index in [2.05, 4.69) is 4.98 Å². The molecule has 0 fully saturated rings. The summed E-state index contributed by atoms with van der Waals surface area (Å²) in [4.78, 5) is 27.5. The van der Waals surface area contributed by atoms with Crippen LogP contribution in [0, 0.1) is 11.3 Å². The van der Waals surface area contributed by atoms with E-state index in [1.54, 1.807) is 20.8 Å². The van der Waals surface area contributed by atoms with E-state index >= 15 is 0 Å². The molecular weight excluding hydrogens is 246 g/mol. The molecule has 0 radical (unpaired) electrons. The zero-order chi connectivity index (χ0) is 14.2. The predicted molar refractivity (Wildman–Crippen MR) is 67.3 cm³/mol. The monoisotopic (exact) mass is 261 g/mol. The molecule has 1 aliphatic rings. The Balaban J connectivity index is 2.19. The summed E-state index contributed by atoms with van der Waals surface area (Å²) in [7, 11) is 0. The topological polar surface area (TPSA) is 86.2 Å². The van der Waals surface area contributed by atoms with Gasteiger partial charge in [0.05, 0.1) is 13.1 Å². The highest BCUT2D eigenvalue weighted by Gasteiger charge is 2.28. The fourth-order valence-electron chi connectivity index (χ4n) is 1.88. The van der Waals surface area contributed by atoms with Gasteiger partial charge in [0.1, 0.15) is 17.2 Å². The summed E-state index contributed by atoms with van der Waals surface area (Å²) in [5, 5.41) is 8.80. The fraction of sp³-hybridized carbons (Fsp3) is 0.462. The number of nitriles is 1. The van der Waals surface area contributed by atoms with Crippen molar-refractivity contribution in [3.63, 3.8) is 0 Å². The molecule has 1 N–H and O–H groups in total. The van der Waals surface area contributed by atoms with Crippen LogP contribution in [-0.4, -0.2) is 21.6 Å². The van der Waals surface area contributed by atoms with Gasteiger partial charge in [-0.15, -0.1) is 0 Å². The number of hydrogen-bond donors (Lipinski definition) is 1. The van der Waals surface area contributed by atoms with Crippen LogP contribution in [-0.2, 0) is 17.8 Å². The quantitative estimate of drug-likeness (QED) is 0.766. The zero-order valence-corrected chi connectivity index (χ0v) is 11.1. The summed E-state index contributed by atoms with van der Waals surface area (Å²) in [6, 6.07) is 3.36. The van der Waals surface area contributed by atoms with E-state index in [1.165, 1.54) is 11.0 Å². The molecule has 2 rings (SSSR count). The molecule has 1 aromatic heterocycles. The van der Waals surface area contributed by atoms with Crippen molar-refractivity contribution in [1.29, 1.82) is 5.26 Å². The minimum atomic E-state index is -0.558. The van der Waals surface area contributed by atoms with Crippen LogP contribution < -0.4 is 5.56 Å². The predicted octanol–water partition coefficient (Wildman–Crippen LogP) is 1.50. The number of fused-ring (bicyclic) bond motifs is 1. The summed E-state index contributed by atoms with van der Waals surface area (Å²) in [6.07, 6.45) is -0.428. The Morgan fingerprint density at radius 3 is 2.74 bits per heavy atom. The van der Waals surface area contributed by atoms with E-state index in [1.807, 2.05) is 6.07 Å². The number of amides is 1. The lowest BCUT2D eigenvalue weighted by Gasteiger charge is -2.23. The second-order valence-corrected chi connectivity index (χ2v) is 5.46. The number of H-pyrrole nitrogens is 1. The van der Waals surface area contributed by atoms with Crippen molar-refractivity contribution < 1.29 is 9.53 Å². The van der Waals surface area contributed by atoms with Crippen LogP contribution in [0.2, 0.25) is 0 Å². The SMILES string of the molecule is CC(C)(C)OC(=O)N1Cc2cc(C#N)c(=O)[nH]c2C1. The summed E-state index contributed by atoms with van der Waals surface area (Å²) >= 11 is 0. The first kappa shape index (κ1) is 13.1. The lowest BCUT2D eigenvalue weighted by Crippen LogP contribution is -2.33. The third-order valence-electron chi connectivity index (χ3n) is 2.70. The van der Waals surface area contributed by atoms with Gasteiger partial charge in [0.2, 0.25) is 0 Å². The second kappa shape index (κ2) is 4.43. The largest absolute Gasteiger partial charge is 0.444 e. The molecule has 6 heteroatoms. The number of aromatic nitrogens is 1. The number of hydrogen-bond acceptors (Lipinski definition) is 4. The third-order valence-corrected chi connectivity index (χ3v) is 2.70. The van der Waals surface area contributed by atoms with Crippen LogP contribution in [0.3, 0.4) is 0 Å². The highest BCUT2D eigenvalue weighted by atomic mass is 16.6. The molecule has 2 heterocycles. The van der Waals surface area contributed by atoms with Gasteiger partial charge >= 0.3 is 6.09 Å². The molecule has 100 valence electrons. The number of pyridine rings is 1. The summed E-state index contributed by atoms with van der Waals surface area (Å²) in [5.74, 6) is 0. The maximum atomic E-state index is 11.9. The maximum Gasteiger partial charge on any atom is 0.410 e. The molecule has 0 bridgehead atoms. The number of nitrogens with one attached hydrogen (secondary N) is 1. The van der Waals surface area contributed by atoms with Crippen LogP contribution >= 0.6 is 0 Å². The number of ether oxygens (including phenoxy) is 1. The molecule has 1 aromatic rings. The zero-order valence-electron chi connectivity index (χ0n) is 11.1. The van der Waals surface area contributed by atoms with Crippen LogP contribution in [0.25, 0.3) is 0 Å². The molecule has 1 amide bonds. The summed E-state index contributed by atoms with van der Waals surface area (Å²) in [6.45, 7) is 6.03. The number of carbonyl (C=O) groups is 1. The average molecular weight is 261 g/mol. The Hall–Kier alpha value is -2.29. The van der Waals surface area contributed by atoms with Crippen LogP contribution in [0.5, 0.6) is 0 Å². The fourth-order valence-corrected chi connectivity index (χ4v) is 1.88. The van der Waals surface area contributed by atoms with E-state index in [0.29, 0.717) is 18.8 Å². The standard InChI is InChI=1S/C13H15N3O3/c1-13(2,3)19-12(18)16-6-9-4-8(5-14)11(17)15-10(9)7-16/h4H,6-7H2,1-3H3,(H,15,17). The second-order valence-electron chi connectivity index (χ2n) is 5.46. The van der Waals surface area contributed by atoms with Crippen molar-refractivity contribution in [2.75, 3.05) is 0 Å². The number of nitrogens with zero attached hydrogens (tertiary/aromatic N) is 2. The smallest absolute Gasteiger partial charge is 0.410 e. The molecule has 6 nitrogen and oxygen atoms in total. The van der Waals surface area contributed by atoms with Gasteiger partial charge in [-0.1, -0.05) is 0 Å². The lowest BCUT2D eigenvalue weighted by molar-refractivity contribution is 0.0240. The first-order valence-corrected chi connectivity index (χ1v) is 5.93. The molecular formula is C13H15N3O3. The van der Waals surface area contributed by atoms with Crippen molar-refractivity contribution in [3.8, 4) is 6.07 Å². The third kappa shape index (κ3) is 2.76. The van der Waals surface area contributed by atoms with Crippen molar-refractivity contribution in [3.05, 3.63) is 33.2 Å². The Morgan fingerprint density at radius 1 is 1.47 bits per heavy atom. The first-order chi connectivity index (χ1) is 8.80. The van der Waals surface area contributed by atoms with Crippen molar-refractivity contribution in [2.45, 2.75) is 39.5 Å². The molecule has 19 heavy (non-hydrogen) atoms. The molecule has 0 aliphatic carbocycles. The average Bonchev–Trinajstić information content (AvgIpc) is 2.68. The number of rotatable bonds is 0. The highest BCUT2D eigenvalue weighted by molar-refractivity contribution is 5.69. The first-order valence-electron chi connectivity index (χ1n) is 5.93.